The molecular weight excluding hydrogens is 368 g/mol. The molecule has 0 aromatic heterocycles. The fourth-order valence-corrected chi connectivity index (χ4v) is 2.72. The molecule has 1 unspecified atom stereocenters. The summed E-state index contributed by atoms with van der Waals surface area (Å²) in [5, 5.41) is 0. The number of carbonyl (C=O) groups is 1. The van der Waals surface area contributed by atoms with Gasteiger partial charge < -0.3 is 9.47 Å². The van der Waals surface area contributed by atoms with E-state index in [2.05, 4.69) is 29.8 Å². The van der Waals surface area contributed by atoms with Gasteiger partial charge in [-0.2, -0.15) is 0 Å². The summed E-state index contributed by atoms with van der Waals surface area (Å²) in [6, 6.07) is 12.9. The Morgan fingerprint density at radius 1 is 1.08 bits per heavy atom. The molecule has 1 atom stereocenters. The molecule has 0 aliphatic heterocycles. The summed E-state index contributed by atoms with van der Waals surface area (Å²) in [5.74, 6) is 1.37. The zero-order valence-corrected chi connectivity index (χ0v) is 16.1. The van der Waals surface area contributed by atoms with E-state index in [1.807, 2.05) is 38.1 Å². The van der Waals surface area contributed by atoms with Crippen LogP contribution in [0.5, 0.6) is 11.5 Å². The molecule has 2 aromatic carbocycles. The van der Waals surface area contributed by atoms with Gasteiger partial charge in [-0.15, -0.1) is 0 Å². The minimum atomic E-state index is -0.386. The second kappa shape index (κ2) is 8.34. The van der Waals surface area contributed by atoms with Gasteiger partial charge in [0.2, 0.25) is 0 Å². The Bertz CT molecular complexity index is 693. The van der Waals surface area contributed by atoms with Crippen molar-refractivity contribution >= 4 is 21.9 Å². The zero-order chi connectivity index (χ0) is 17.7. The van der Waals surface area contributed by atoms with Crippen LogP contribution in [0.4, 0.5) is 0 Å². The average Bonchev–Trinajstić information content (AvgIpc) is 2.56. The molecule has 3 nitrogen and oxygen atoms in total. The van der Waals surface area contributed by atoms with Crippen LogP contribution in [0.2, 0.25) is 0 Å². The molecule has 2 rings (SSSR count). The van der Waals surface area contributed by atoms with Crippen LogP contribution in [-0.4, -0.2) is 12.1 Å². The van der Waals surface area contributed by atoms with Crippen molar-refractivity contribution in [2.75, 3.05) is 0 Å². The van der Waals surface area contributed by atoms with Crippen LogP contribution < -0.4 is 9.47 Å². The fourth-order valence-electron chi connectivity index (χ4n) is 2.24. The molecule has 0 saturated carbocycles. The summed E-state index contributed by atoms with van der Waals surface area (Å²) >= 11 is 3.43. The van der Waals surface area contributed by atoms with Gasteiger partial charge in [0, 0.05) is 0 Å². The number of ether oxygens (including phenoxy) is 2. The Labute approximate surface area is 152 Å². The highest BCUT2D eigenvalue weighted by molar-refractivity contribution is 9.10. The molecule has 4 heteroatoms. The van der Waals surface area contributed by atoms with Gasteiger partial charge >= 0.3 is 5.97 Å². The number of rotatable bonds is 6. The molecule has 0 aliphatic carbocycles. The van der Waals surface area contributed by atoms with Crippen molar-refractivity contribution < 1.29 is 14.3 Å². The van der Waals surface area contributed by atoms with Gasteiger partial charge in [-0.05, 0) is 78.0 Å². The molecule has 0 saturated heterocycles. The predicted octanol–water partition coefficient (Wildman–Crippen LogP) is 5.97. The molecule has 128 valence electrons. The second-order valence-corrected chi connectivity index (χ2v) is 6.93. The summed E-state index contributed by atoms with van der Waals surface area (Å²) in [6.45, 7) is 8.25. The number of hydrogen-bond acceptors (Lipinski definition) is 3. The van der Waals surface area contributed by atoms with Crippen molar-refractivity contribution in [2.45, 2.75) is 46.1 Å². The van der Waals surface area contributed by atoms with Gasteiger partial charge in [-0.3, -0.25) is 0 Å². The quantitative estimate of drug-likeness (QED) is 0.450. The van der Waals surface area contributed by atoms with Gasteiger partial charge in [-0.25, -0.2) is 4.79 Å². The highest BCUT2D eigenvalue weighted by atomic mass is 79.9. The number of carbonyl (C=O) groups excluding carboxylic acids is 1. The Morgan fingerprint density at radius 3 is 2.29 bits per heavy atom. The van der Waals surface area contributed by atoms with Crippen LogP contribution in [-0.2, 0) is 0 Å². The lowest BCUT2D eigenvalue weighted by Gasteiger charge is -2.12. The van der Waals surface area contributed by atoms with Gasteiger partial charge in [0.1, 0.15) is 11.5 Å². The van der Waals surface area contributed by atoms with Crippen molar-refractivity contribution in [3.05, 3.63) is 58.1 Å². The number of esters is 1. The monoisotopic (exact) mass is 390 g/mol. The smallest absolute Gasteiger partial charge is 0.343 e. The van der Waals surface area contributed by atoms with Crippen LogP contribution in [0.1, 0.15) is 56.0 Å². The normalized spacial score (nSPS) is 12.1. The lowest BCUT2D eigenvalue weighted by molar-refractivity contribution is 0.0734. The zero-order valence-electron chi connectivity index (χ0n) is 14.5. The highest BCUT2D eigenvalue weighted by Gasteiger charge is 2.13. The second-order valence-electron chi connectivity index (χ2n) is 6.08. The number of benzene rings is 2. The lowest BCUT2D eigenvalue weighted by atomic mass is 9.99. The Kier molecular flexibility index (Phi) is 6.44. The van der Waals surface area contributed by atoms with Gasteiger partial charge in [0.05, 0.1) is 16.1 Å². The van der Waals surface area contributed by atoms with E-state index in [0.29, 0.717) is 23.0 Å². The highest BCUT2D eigenvalue weighted by Crippen LogP contribution is 2.28. The minimum absolute atomic E-state index is 0.0723. The summed E-state index contributed by atoms with van der Waals surface area (Å²) in [6.07, 6.45) is 1.15. The van der Waals surface area contributed by atoms with Crippen LogP contribution in [0.3, 0.4) is 0 Å². The van der Waals surface area contributed by atoms with E-state index in [4.69, 9.17) is 9.47 Å². The van der Waals surface area contributed by atoms with E-state index in [1.165, 1.54) is 5.56 Å². The Morgan fingerprint density at radius 2 is 1.75 bits per heavy atom. The van der Waals surface area contributed by atoms with E-state index in [0.717, 1.165) is 10.9 Å². The third-order valence-corrected chi connectivity index (χ3v) is 4.42. The van der Waals surface area contributed by atoms with Crippen LogP contribution in [0.15, 0.2) is 46.9 Å². The SMILES string of the molecule is CCC(C)c1ccc(OC(=O)c2ccc(OC(C)C)c(Br)c2)cc1. The first-order valence-electron chi connectivity index (χ1n) is 8.19. The van der Waals surface area contributed by atoms with Crippen molar-refractivity contribution in [2.24, 2.45) is 0 Å². The molecule has 0 fully saturated rings. The summed E-state index contributed by atoms with van der Waals surface area (Å²) in [5.41, 5.74) is 1.72. The number of hydrogen-bond donors (Lipinski definition) is 0. The van der Waals surface area contributed by atoms with Crippen LogP contribution in [0, 0.1) is 0 Å². The third kappa shape index (κ3) is 4.84. The van der Waals surface area contributed by atoms with Crippen molar-refractivity contribution in [1.82, 2.24) is 0 Å². The fraction of sp³-hybridized carbons (Fsp3) is 0.350. The van der Waals surface area contributed by atoms with Crippen molar-refractivity contribution in [3.8, 4) is 11.5 Å². The molecule has 0 heterocycles. The van der Waals surface area contributed by atoms with E-state index in [-0.39, 0.29) is 12.1 Å². The van der Waals surface area contributed by atoms with Crippen molar-refractivity contribution in [3.63, 3.8) is 0 Å². The molecule has 0 N–H and O–H groups in total. The first-order chi connectivity index (χ1) is 11.4. The van der Waals surface area contributed by atoms with Crippen molar-refractivity contribution in [1.29, 1.82) is 0 Å². The first-order valence-corrected chi connectivity index (χ1v) is 8.98. The predicted molar refractivity (Wildman–Crippen MR) is 100 cm³/mol. The largest absolute Gasteiger partial charge is 0.490 e. The Balaban J connectivity index is 2.08. The van der Waals surface area contributed by atoms with E-state index >= 15 is 0 Å². The minimum Gasteiger partial charge on any atom is -0.490 e. The first kappa shape index (κ1) is 18.5. The maximum absolute atomic E-state index is 12.3. The van der Waals surface area contributed by atoms with E-state index in [1.54, 1.807) is 18.2 Å². The molecular formula is C20H23BrO3. The van der Waals surface area contributed by atoms with E-state index < -0.39 is 0 Å². The summed E-state index contributed by atoms with van der Waals surface area (Å²) in [7, 11) is 0. The Hall–Kier alpha value is -1.81. The van der Waals surface area contributed by atoms with Crippen LogP contribution >= 0.6 is 15.9 Å². The molecule has 2 aromatic rings. The summed E-state index contributed by atoms with van der Waals surface area (Å²) < 4.78 is 11.8. The molecule has 0 spiro atoms. The molecule has 0 amide bonds. The molecule has 0 radical (unpaired) electrons. The van der Waals surface area contributed by atoms with Gasteiger partial charge in [0.25, 0.3) is 0 Å². The maximum atomic E-state index is 12.3. The summed E-state index contributed by atoms with van der Waals surface area (Å²) in [4.78, 5) is 12.3. The number of halogens is 1. The van der Waals surface area contributed by atoms with Crippen LogP contribution in [0.25, 0.3) is 0 Å². The molecule has 0 aliphatic rings. The maximum Gasteiger partial charge on any atom is 0.343 e. The van der Waals surface area contributed by atoms with Gasteiger partial charge in [-0.1, -0.05) is 26.0 Å². The molecule has 0 bridgehead atoms. The van der Waals surface area contributed by atoms with Gasteiger partial charge in [0.15, 0.2) is 0 Å². The van der Waals surface area contributed by atoms with E-state index in [9.17, 15) is 4.79 Å². The molecule has 24 heavy (non-hydrogen) atoms. The topological polar surface area (TPSA) is 35.5 Å². The third-order valence-electron chi connectivity index (χ3n) is 3.80. The average molecular weight is 391 g/mol. The lowest BCUT2D eigenvalue weighted by Crippen LogP contribution is -2.10. The standard InChI is InChI=1S/C20H23BrO3/c1-5-14(4)15-6-9-17(10-7-15)24-20(22)16-8-11-19(18(21)12-16)23-13(2)3/h6-14H,5H2,1-4H3.